The molecule has 0 N–H and O–H groups in total. The number of benzene rings is 1. The van der Waals surface area contributed by atoms with E-state index in [0.717, 1.165) is 35.5 Å². The molecule has 0 bridgehead atoms. The Bertz CT molecular complexity index is 952. The Morgan fingerprint density at radius 3 is 2.50 bits per heavy atom. The van der Waals surface area contributed by atoms with Gasteiger partial charge in [-0.1, -0.05) is 37.3 Å². The highest BCUT2D eigenvalue weighted by Gasteiger charge is 2.18. The molecule has 0 radical (unpaired) electrons. The maximum atomic E-state index is 12.5. The third kappa shape index (κ3) is 5.84. The van der Waals surface area contributed by atoms with E-state index in [9.17, 15) is 14.9 Å². The summed E-state index contributed by atoms with van der Waals surface area (Å²) in [5.41, 5.74) is 3.75. The highest BCUT2D eigenvalue weighted by Crippen LogP contribution is 2.19. The molecule has 1 aromatic heterocycles. The second-order valence-electron chi connectivity index (χ2n) is 7.12. The summed E-state index contributed by atoms with van der Waals surface area (Å²) in [5, 5.41) is 9.42. The number of amides is 1. The van der Waals surface area contributed by atoms with E-state index >= 15 is 0 Å². The molecule has 0 saturated heterocycles. The molecule has 1 amide bonds. The van der Waals surface area contributed by atoms with Gasteiger partial charge < -0.3 is 14.2 Å². The molecule has 0 unspecified atom stereocenters. The number of carbonyl (C=O) groups is 2. The number of ether oxygens (including phenoxy) is 1. The smallest absolute Gasteiger partial charge is 0.349 e. The molecular formula is C24H29N3O3. The summed E-state index contributed by atoms with van der Waals surface area (Å²) in [5.74, 6) is -1.09. The van der Waals surface area contributed by atoms with Crippen LogP contribution in [0, 0.1) is 25.2 Å². The zero-order chi connectivity index (χ0) is 22.1. The fourth-order valence-corrected chi connectivity index (χ4v) is 3.31. The summed E-state index contributed by atoms with van der Waals surface area (Å²) in [6.45, 7) is 9.34. The third-order valence-corrected chi connectivity index (χ3v) is 4.98. The van der Waals surface area contributed by atoms with Crippen molar-refractivity contribution in [3.8, 4) is 6.07 Å². The van der Waals surface area contributed by atoms with Gasteiger partial charge >= 0.3 is 5.97 Å². The number of aryl methyl sites for hydroxylation is 1. The zero-order valence-corrected chi connectivity index (χ0v) is 18.1. The van der Waals surface area contributed by atoms with E-state index in [1.165, 1.54) is 6.08 Å². The first-order chi connectivity index (χ1) is 14.4. The monoisotopic (exact) mass is 407 g/mol. The van der Waals surface area contributed by atoms with Gasteiger partial charge in [-0.25, -0.2) is 4.79 Å². The van der Waals surface area contributed by atoms with E-state index in [-0.39, 0.29) is 11.5 Å². The Labute approximate surface area is 178 Å². The Hall–Kier alpha value is -3.33. The highest BCUT2D eigenvalue weighted by atomic mass is 16.5. The van der Waals surface area contributed by atoms with Gasteiger partial charge in [-0.05, 0) is 50.5 Å². The standard InChI is InChI=1S/C24H29N3O3/c1-5-12-27-18(3)13-21(19(27)4)14-22(15-25)24(29)30-17-23(28)26(6-2)16-20-10-8-7-9-11-20/h7-11,13-14H,5-6,12,16-17H2,1-4H3/b22-14+. The molecule has 30 heavy (non-hydrogen) atoms. The van der Waals surface area contributed by atoms with Crippen molar-refractivity contribution in [1.29, 1.82) is 5.26 Å². The predicted molar refractivity (Wildman–Crippen MR) is 116 cm³/mol. The van der Waals surface area contributed by atoms with Gasteiger partial charge in [-0.2, -0.15) is 5.26 Å². The first kappa shape index (κ1) is 23.0. The number of nitrogens with zero attached hydrogens (tertiary/aromatic N) is 3. The number of aromatic nitrogens is 1. The molecule has 0 aliphatic carbocycles. The van der Waals surface area contributed by atoms with Crippen LogP contribution in [0.1, 0.15) is 42.8 Å². The molecule has 0 aliphatic heterocycles. The fourth-order valence-electron chi connectivity index (χ4n) is 3.31. The summed E-state index contributed by atoms with van der Waals surface area (Å²) in [6.07, 6.45) is 2.52. The molecule has 1 heterocycles. The number of hydrogen-bond donors (Lipinski definition) is 0. The molecule has 0 aliphatic rings. The van der Waals surface area contributed by atoms with Gasteiger partial charge in [-0.3, -0.25) is 4.79 Å². The second kappa shape index (κ2) is 11.0. The summed E-state index contributed by atoms with van der Waals surface area (Å²) in [6, 6.07) is 13.5. The average molecular weight is 408 g/mol. The molecule has 0 spiro atoms. The van der Waals surface area contributed by atoms with Crippen LogP contribution in [0.15, 0.2) is 42.0 Å². The van der Waals surface area contributed by atoms with Gasteiger partial charge in [0, 0.05) is 31.0 Å². The number of hydrogen-bond acceptors (Lipinski definition) is 4. The fraction of sp³-hybridized carbons (Fsp3) is 0.375. The number of carbonyl (C=O) groups excluding carboxylic acids is 2. The molecule has 6 nitrogen and oxygen atoms in total. The van der Waals surface area contributed by atoms with Crippen LogP contribution in [0.3, 0.4) is 0 Å². The van der Waals surface area contributed by atoms with Crippen molar-refractivity contribution in [1.82, 2.24) is 9.47 Å². The second-order valence-corrected chi connectivity index (χ2v) is 7.12. The van der Waals surface area contributed by atoms with Crippen LogP contribution in [0.25, 0.3) is 6.08 Å². The minimum atomic E-state index is -0.790. The Morgan fingerprint density at radius 1 is 1.20 bits per heavy atom. The Balaban J connectivity index is 2.04. The summed E-state index contributed by atoms with van der Waals surface area (Å²) < 4.78 is 7.30. The van der Waals surface area contributed by atoms with Gasteiger partial charge in [0.05, 0.1) is 0 Å². The van der Waals surface area contributed by atoms with Crippen molar-refractivity contribution in [2.45, 2.75) is 47.2 Å². The molecule has 0 atom stereocenters. The average Bonchev–Trinajstić information content (AvgIpc) is 3.02. The van der Waals surface area contributed by atoms with Gasteiger partial charge in [0.2, 0.25) is 0 Å². The van der Waals surface area contributed by atoms with Gasteiger partial charge in [-0.15, -0.1) is 0 Å². The summed E-state index contributed by atoms with van der Waals surface area (Å²) >= 11 is 0. The van der Waals surface area contributed by atoms with Crippen molar-refractivity contribution >= 4 is 18.0 Å². The molecule has 0 saturated carbocycles. The van der Waals surface area contributed by atoms with Crippen LogP contribution in [0.2, 0.25) is 0 Å². The lowest BCUT2D eigenvalue weighted by Crippen LogP contribution is -2.34. The van der Waals surface area contributed by atoms with E-state index < -0.39 is 12.6 Å². The van der Waals surface area contributed by atoms with E-state index in [2.05, 4.69) is 11.5 Å². The molecule has 0 fully saturated rings. The van der Waals surface area contributed by atoms with Crippen molar-refractivity contribution in [2.24, 2.45) is 0 Å². The quantitative estimate of drug-likeness (QED) is 0.357. The molecule has 158 valence electrons. The van der Waals surface area contributed by atoms with Crippen LogP contribution in [-0.4, -0.2) is 34.5 Å². The maximum absolute atomic E-state index is 12.5. The third-order valence-electron chi connectivity index (χ3n) is 4.98. The Morgan fingerprint density at radius 2 is 1.90 bits per heavy atom. The maximum Gasteiger partial charge on any atom is 0.349 e. The predicted octanol–water partition coefficient (Wildman–Crippen LogP) is 4.01. The summed E-state index contributed by atoms with van der Waals surface area (Å²) in [4.78, 5) is 26.5. The van der Waals surface area contributed by atoms with Gasteiger partial charge in [0.1, 0.15) is 11.6 Å². The highest BCUT2D eigenvalue weighted by molar-refractivity contribution is 5.99. The van der Waals surface area contributed by atoms with E-state index in [1.54, 1.807) is 4.90 Å². The van der Waals surface area contributed by atoms with Crippen molar-refractivity contribution in [2.75, 3.05) is 13.2 Å². The largest absolute Gasteiger partial charge is 0.451 e. The molecule has 2 aromatic rings. The number of nitriles is 1. The summed E-state index contributed by atoms with van der Waals surface area (Å²) in [7, 11) is 0. The Kier molecular flexibility index (Phi) is 8.42. The van der Waals surface area contributed by atoms with E-state index in [4.69, 9.17) is 4.74 Å². The van der Waals surface area contributed by atoms with Crippen molar-refractivity contribution < 1.29 is 14.3 Å². The normalized spacial score (nSPS) is 11.1. The number of likely N-dealkylation sites (N-methyl/N-ethyl adjacent to an activating group) is 1. The van der Waals surface area contributed by atoms with E-state index in [0.29, 0.717) is 13.1 Å². The lowest BCUT2D eigenvalue weighted by molar-refractivity contribution is -0.148. The van der Waals surface area contributed by atoms with Crippen LogP contribution in [0.4, 0.5) is 0 Å². The first-order valence-electron chi connectivity index (χ1n) is 10.2. The van der Waals surface area contributed by atoms with Gasteiger partial charge in [0.15, 0.2) is 6.61 Å². The van der Waals surface area contributed by atoms with Crippen LogP contribution >= 0.6 is 0 Å². The van der Waals surface area contributed by atoms with Crippen molar-refractivity contribution in [3.05, 3.63) is 64.5 Å². The lowest BCUT2D eigenvalue weighted by Gasteiger charge is -2.20. The van der Waals surface area contributed by atoms with E-state index in [1.807, 2.05) is 63.2 Å². The molecular weight excluding hydrogens is 378 g/mol. The SMILES string of the molecule is CCCn1c(C)cc(/C=C(\C#N)C(=O)OCC(=O)N(CC)Cc2ccccc2)c1C. The van der Waals surface area contributed by atoms with Gasteiger partial charge in [0.25, 0.3) is 5.91 Å². The topological polar surface area (TPSA) is 75.3 Å². The number of esters is 1. The van der Waals surface area contributed by atoms with Crippen LogP contribution < -0.4 is 0 Å². The lowest BCUT2D eigenvalue weighted by atomic mass is 10.1. The van der Waals surface area contributed by atoms with Crippen LogP contribution in [0.5, 0.6) is 0 Å². The molecule has 6 heteroatoms. The minimum absolute atomic E-state index is 0.120. The first-order valence-corrected chi connectivity index (χ1v) is 10.2. The number of rotatable bonds is 9. The molecule has 2 rings (SSSR count). The zero-order valence-electron chi connectivity index (χ0n) is 18.1. The minimum Gasteiger partial charge on any atom is -0.451 e. The molecule has 1 aromatic carbocycles. The van der Waals surface area contributed by atoms with Crippen molar-refractivity contribution in [3.63, 3.8) is 0 Å². The van der Waals surface area contributed by atoms with Crippen LogP contribution in [-0.2, 0) is 27.4 Å².